The Morgan fingerprint density at radius 2 is 1.70 bits per heavy atom. The Balaban J connectivity index is 1.39. The maximum atomic E-state index is 11.1. The summed E-state index contributed by atoms with van der Waals surface area (Å²) in [5.41, 5.74) is 1.34. The molecule has 1 aliphatic heterocycles. The number of benzene rings is 2. The van der Waals surface area contributed by atoms with Crippen LogP contribution in [0.25, 0.3) is 0 Å². The highest BCUT2D eigenvalue weighted by atomic mass is 16.5. The lowest BCUT2D eigenvalue weighted by Gasteiger charge is -2.35. The van der Waals surface area contributed by atoms with Gasteiger partial charge in [0, 0.05) is 39.3 Å². The van der Waals surface area contributed by atoms with Gasteiger partial charge in [-0.15, -0.1) is 0 Å². The second kappa shape index (κ2) is 9.50. The number of hydrogen-bond acceptors (Lipinski definition) is 5. The number of para-hydroxylation sites is 1. The SMILES string of the molecule is O=C(O)c1cccc(CN2CCN(CC(O)COc3ccccc3)CC2)c1. The minimum absolute atomic E-state index is 0.284. The van der Waals surface area contributed by atoms with Gasteiger partial charge < -0.3 is 14.9 Å². The number of rotatable bonds is 8. The Morgan fingerprint density at radius 1 is 1.00 bits per heavy atom. The summed E-state index contributed by atoms with van der Waals surface area (Å²) in [5, 5.41) is 19.3. The molecule has 1 saturated heterocycles. The van der Waals surface area contributed by atoms with Gasteiger partial charge in [-0.25, -0.2) is 4.79 Å². The zero-order valence-corrected chi connectivity index (χ0v) is 15.3. The molecule has 1 unspecified atom stereocenters. The second-order valence-electron chi connectivity index (χ2n) is 6.86. The summed E-state index contributed by atoms with van der Waals surface area (Å²) in [6, 6.07) is 16.6. The van der Waals surface area contributed by atoms with Gasteiger partial charge in [0.2, 0.25) is 0 Å². The number of aliphatic hydroxyl groups excluding tert-OH is 1. The van der Waals surface area contributed by atoms with Crippen molar-refractivity contribution in [1.82, 2.24) is 9.80 Å². The molecular formula is C21H26N2O4. The lowest BCUT2D eigenvalue weighted by Crippen LogP contribution is -2.48. The third kappa shape index (κ3) is 6.06. The molecule has 1 aliphatic rings. The number of piperazine rings is 1. The van der Waals surface area contributed by atoms with Gasteiger partial charge in [0.1, 0.15) is 18.5 Å². The average molecular weight is 370 g/mol. The van der Waals surface area contributed by atoms with Crippen molar-refractivity contribution in [1.29, 1.82) is 0 Å². The number of hydrogen-bond donors (Lipinski definition) is 2. The van der Waals surface area contributed by atoms with Crippen molar-refractivity contribution in [3.8, 4) is 5.75 Å². The molecule has 0 spiro atoms. The Labute approximate surface area is 159 Å². The standard InChI is InChI=1S/C21H26N2O4/c24-19(16-27-20-7-2-1-3-8-20)15-23-11-9-22(10-12-23)14-17-5-4-6-18(13-17)21(25)26/h1-8,13,19,24H,9-12,14-16H2,(H,25,26). The average Bonchev–Trinajstić information content (AvgIpc) is 2.69. The third-order valence-electron chi connectivity index (χ3n) is 4.70. The first-order valence-corrected chi connectivity index (χ1v) is 9.23. The lowest BCUT2D eigenvalue weighted by atomic mass is 10.1. The monoisotopic (exact) mass is 370 g/mol. The van der Waals surface area contributed by atoms with Gasteiger partial charge >= 0.3 is 5.97 Å². The first-order valence-electron chi connectivity index (χ1n) is 9.23. The highest BCUT2D eigenvalue weighted by Gasteiger charge is 2.20. The van der Waals surface area contributed by atoms with Crippen LogP contribution in [0.3, 0.4) is 0 Å². The van der Waals surface area contributed by atoms with Crippen LogP contribution in [0.5, 0.6) is 5.75 Å². The van der Waals surface area contributed by atoms with Gasteiger partial charge in [0.25, 0.3) is 0 Å². The summed E-state index contributed by atoms with van der Waals surface area (Å²) in [5.74, 6) is -0.127. The van der Waals surface area contributed by atoms with E-state index in [0.29, 0.717) is 12.1 Å². The number of aromatic carboxylic acids is 1. The largest absolute Gasteiger partial charge is 0.491 e. The molecule has 1 fully saturated rings. The molecule has 6 nitrogen and oxygen atoms in total. The van der Waals surface area contributed by atoms with E-state index in [9.17, 15) is 9.90 Å². The zero-order valence-electron chi connectivity index (χ0n) is 15.3. The van der Waals surface area contributed by atoms with Crippen LogP contribution in [0.4, 0.5) is 0 Å². The maximum Gasteiger partial charge on any atom is 0.335 e. The fraction of sp³-hybridized carbons (Fsp3) is 0.381. The minimum Gasteiger partial charge on any atom is -0.491 e. The fourth-order valence-electron chi connectivity index (χ4n) is 3.25. The summed E-state index contributed by atoms with van der Waals surface area (Å²) in [6.07, 6.45) is -0.524. The molecule has 0 saturated carbocycles. The van der Waals surface area contributed by atoms with E-state index in [1.165, 1.54) is 0 Å². The van der Waals surface area contributed by atoms with Gasteiger partial charge in [0.15, 0.2) is 0 Å². The van der Waals surface area contributed by atoms with Crippen LogP contribution in [0.2, 0.25) is 0 Å². The summed E-state index contributed by atoms with van der Waals surface area (Å²) < 4.78 is 5.60. The normalized spacial score (nSPS) is 16.8. The molecule has 2 N–H and O–H groups in total. The molecule has 2 aromatic carbocycles. The molecule has 0 bridgehead atoms. The molecular weight excluding hydrogens is 344 g/mol. The van der Waals surface area contributed by atoms with Gasteiger partial charge in [-0.2, -0.15) is 0 Å². The summed E-state index contributed by atoms with van der Waals surface area (Å²) in [7, 11) is 0. The molecule has 1 heterocycles. The zero-order chi connectivity index (χ0) is 19.1. The fourth-order valence-corrected chi connectivity index (χ4v) is 3.25. The van der Waals surface area contributed by atoms with Crippen LogP contribution in [-0.2, 0) is 6.54 Å². The third-order valence-corrected chi connectivity index (χ3v) is 4.70. The van der Waals surface area contributed by atoms with E-state index >= 15 is 0 Å². The molecule has 0 aliphatic carbocycles. The van der Waals surface area contributed by atoms with Crippen LogP contribution in [0.1, 0.15) is 15.9 Å². The summed E-state index contributed by atoms with van der Waals surface area (Å²) in [6.45, 7) is 5.16. The van der Waals surface area contributed by atoms with Gasteiger partial charge in [0.05, 0.1) is 5.56 Å². The molecule has 6 heteroatoms. The van der Waals surface area contributed by atoms with E-state index in [-0.39, 0.29) is 6.61 Å². The van der Waals surface area contributed by atoms with E-state index in [1.807, 2.05) is 36.4 Å². The molecule has 3 rings (SSSR count). The molecule has 0 amide bonds. The minimum atomic E-state index is -0.895. The number of carboxylic acids is 1. The van der Waals surface area contributed by atoms with Crippen molar-refractivity contribution in [2.45, 2.75) is 12.6 Å². The summed E-state index contributed by atoms with van der Waals surface area (Å²) in [4.78, 5) is 15.6. The smallest absolute Gasteiger partial charge is 0.335 e. The number of aliphatic hydroxyl groups is 1. The Bertz CT molecular complexity index is 730. The Morgan fingerprint density at radius 3 is 2.41 bits per heavy atom. The first-order chi connectivity index (χ1) is 13.1. The number of carbonyl (C=O) groups is 1. The van der Waals surface area contributed by atoms with Crippen molar-refractivity contribution >= 4 is 5.97 Å². The topological polar surface area (TPSA) is 73.2 Å². The molecule has 1 atom stereocenters. The van der Waals surface area contributed by atoms with E-state index in [4.69, 9.17) is 9.84 Å². The van der Waals surface area contributed by atoms with Crippen molar-refractivity contribution in [3.05, 3.63) is 65.7 Å². The quantitative estimate of drug-likeness (QED) is 0.740. The highest BCUT2D eigenvalue weighted by Crippen LogP contribution is 2.12. The van der Waals surface area contributed by atoms with Crippen LogP contribution in [-0.4, -0.2) is 71.4 Å². The Hall–Kier alpha value is -2.41. The number of β-amino-alcohol motifs (C(OH)–C–C–N with tert-alkyl or cyclic N) is 1. The van der Waals surface area contributed by atoms with Gasteiger partial charge in [-0.3, -0.25) is 9.80 Å². The highest BCUT2D eigenvalue weighted by molar-refractivity contribution is 5.87. The van der Waals surface area contributed by atoms with Crippen LogP contribution in [0.15, 0.2) is 54.6 Å². The first kappa shape index (κ1) is 19.4. The lowest BCUT2D eigenvalue weighted by molar-refractivity contribution is 0.0446. The van der Waals surface area contributed by atoms with Crippen LogP contribution in [0, 0.1) is 0 Å². The van der Waals surface area contributed by atoms with Crippen molar-refractivity contribution in [3.63, 3.8) is 0 Å². The van der Waals surface area contributed by atoms with E-state index in [2.05, 4.69) is 9.80 Å². The van der Waals surface area contributed by atoms with Crippen LogP contribution < -0.4 is 4.74 Å². The number of ether oxygens (including phenoxy) is 1. The van der Waals surface area contributed by atoms with Crippen LogP contribution >= 0.6 is 0 Å². The molecule has 0 radical (unpaired) electrons. The van der Waals surface area contributed by atoms with Crippen molar-refractivity contribution < 1.29 is 19.7 Å². The Kier molecular flexibility index (Phi) is 6.81. The van der Waals surface area contributed by atoms with Gasteiger partial charge in [-0.1, -0.05) is 30.3 Å². The van der Waals surface area contributed by atoms with Gasteiger partial charge in [-0.05, 0) is 29.8 Å². The van der Waals surface area contributed by atoms with Crippen molar-refractivity contribution in [2.75, 3.05) is 39.3 Å². The molecule has 27 heavy (non-hydrogen) atoms. The predicted octanol–water partition coefficient (Wildman–Crippen LogP) is 1.94. The number of carboxylic acid groups (broad SMARTS) is 1. The summed E-state index contributed by atoms with van der Waals surface area (Å²) >= 11 is 0. The number of nitrogens with zero attached hydrogens (tertiary/aromatic N) is 2. The molecule has 0 aromatic heterocycles. The maximum absolute atomic E-state index is 11.1. The molecule has 2 aromatic rings. The van der Waals surface area contributed by atoms with Crippen molar-refractivity contribution in [2.24, 2.45) is 0 Å². The van der Waals surface area contributed by atoms with E-state index < -0.39 is 12.1 Å². The van der Waals surface area contributed by atoms with E-state index in [0.717, 1.165) is 44.0 Å². The predicted molar refractivity (Wildman–Crippen MR) is 103 cm³/mol. The second-order valence-corrected chi connectivity index (χ2v) is 6.86. The van der Waals surface area contributed by atoms with E-state index in [1.54, 1.807) is 18.2 Å². The molecule has 144 valence electrons.